The molecule has 0 aliphatic carbocycles. The van der Waals surface area contributed by atoms with Gasteiger partial charge in [-0.05, 0) is 18.9 Å². The van der Waals surface area contributed by atoms with E-state index in [-0.39, 0.29) is 17.8 Å². The van der Waals surface area contributed by atoms with Gasteiger partial charge in [0.1, 0.15) is 0 Å². The van der Waals surface area contributed by atoms with Crippen LogP contribution in [0.2, 0.25) is 10.0 Å². The van der Waals surface area contributed by atoms with E-state index in [0.29, 0.717) is 27.4 Å². The molecule has 6 nitrogen and oxygen atoms in total. The average Bonchev–Trinajstić information content (AvgIpc) is 3.12. The lowest BCUT2D eigenvalue weighted by Crippen LogP contribution is -2.32. The zero-order valence-corrected chi connectivity index (χ0v) is 13.9. The Morgan fingerprint density at radius 1 is 1.50 bits per heavy atom. The van der Waals surface area contributed by atoms with Gasteiger partial charge >= 0.3 is 0 Å². The van der Waals surface area contributed by atoms with Crippen molar-refractivity contribution in [3.63, 3.8) is 0 Å². The maximum absolute atomic E-state index is 11.9. The average molecular weight is 361 g/mol. The van der Waals surface area contributed by atoms with Crippen LogP contribution in [0.15, 0.2) is 17.4 Å². The van der Waals surface area contributed by atoms with Crippen molar-refractivity contribution in [1.82, 2.24) is 19.9 Å². The van der Waals surface area contributed by atoms with Gasteiger partial charge in [-0.3, -0.25) is 9.20 Å². The fourth-order valence-electron chi connectivity index (χ4n) is 2.22. The highest BCUT2D eigenvalue weighted by molar-refractivity contribution is 7.99. The summed E-state index contributed by atoms with van der Waals surface area (Å²) in [7, 11) is 0. The van der Waals surface area contributed by atoms with E-state index >= 15 is 0 Å². The SMILES string of the molecule is O=C(CSc1nnc2c(Cl)cc(Cl)cn12)NCC1CCCO1. The van der Waals surface area contributed by atoms with E-state index in [1.807, 2.05) is 0 Å². The van der Waals surface area contributed by atoms with Crippen molar-refractivity contribution in [1.29, 1.82) is 0 Å². The highest BCUT2D eigenvalue weighted by Crippen LogP contribution is 2.25. The second-order valence-corrected chi connectivity index (χ2v) is 6.70. The number of nitrogens with one attached hydrogen (secondary N) is 1. The Morgan fingerprint density at radius 2 is 2.36 bits per heavy atom. The molecule has 2 aromatic rings. The topological polar surface area (TPSA) is 68.5 Å². The third-order valence-electron chi connectivity index (χ3n) is 3.28. The first-order valence-corrected chi connectivity index (χ1v) is 8.58. The van der Waals surface area contributed by atoms with E-state index in [4.69, 9.17) is 27.9 Å². The van der Waals surface area contributed by atoms with Gasteiger partial charge in [-0.15, -0.1) is 10.2 Å². The van der Waals surface area contributed by atoms with Gasteiger partial charge in [-0.1, -0.05) is 35.0 Å². The maximum atomic E-state index is 11.9. The van der Waals surface area contributed by atoms with Gasteiger partial charge in [0.15, 0.2) is 10.8 Å². The summed E-state index contributed by atoms with van der Waals surface area (Å²) >= 11 is 13.3. The molecule has 1 atom stereocenters. The van der Waals surface area contributed by atoms with Crippen LogP contribution in [0.5, 0.6) is 0 Å². The van der Waals surface area contributed by atoms with Crippen LogP contribution in [0.3, 0.4) is 0 Å². The normalized spacial score (nSPS) is 18.0. The van der Waals surface area contributed by atoms with Crippen molar-refractivity contribution in [2.45, 2.75) is 24.1 Å². The molecule has 1 aliphatic rings. The molecule has 1 amide bonds. The lowest BCUT2D eigenvalue weighted by atomic mass is 10.2. The Balaban J connectivity index is 1.58. The number of halogens is 2. The molecular formula is C13H14Cl2N4O2S. The smallest absolute Gasteiger partial charge is 0.230 e. The molecule has 118 valence electrons. The second-order valence-electron chi connectivity index (χ2n) is 4.91. The quantitative estimate of drug-likeness (QED) is 0.829. The Kier molecular flexibility index (Phi) is 5.07. The lowest BCUT2D eigenvalue weighted by molar-refractivity contribution is -0.119. The molecule has 2 aromatic heterocycles. The van der Waals surface area contributed by atoms with E-state index in [9.17, 15) is 4.79 Å². The van der Waals surface area contributed by atoms with E-state index in [2.05, 4.69) is 15.5 Å². The van der Waals surface area contributed by atoms with E-state index in [0.717, 1.165) is 19.4 Å². The number of hydrogen-bond acceptors (Lipinski definition) is 5. The van der Waals surface area contributed by atoms with Gasteiger partial charge in [-0.25, -0.2) is 0 Å². The van der Waals surface area contributed by atoms with Gasteiger partial charge in [0.05, 0.1) is 21.9 Å². The van der Waals surface area contributed by atoms with Crippen molar-refractivity contribution in [2.75, 3.05) is 18.9 Å². The summed E-state index contributed by atoms with van der Waals surface area (Å²) in [5, 5.41) is 12.4. The van der Waals surface area contributed by atoms with Crippen LogP contribution in [0.1, 0.15) is 12.8 Å². The van der Waals surface area contributed by atoms with Crippen molar-refractivity contribution in [3.8, 4) is 0 Å². The van der Waals surface area contributed by atoms with Crippen molar-refractivity contribution in [3.05, 3.63) is 22.3 Å². The van der Waals surface area contributed by atoms with Crippen molar-refractivity contribution in [2.24, 2.45) is 0 Å². The van der Waals surface area contributed by atoms with Crippen LogP contribution in [0, 0.1) is 0 Å². The lowest BCUT2D eigenvalue weighted by Gasteiger charge is -2.10. The summed E-state index contributed by atoms with van der Waals surface area (Å²) in [6, 6.07) is 1.61. The molecule has 0 spiro atoms. The van der Waals surface area contributed by atoms with Gasteiger partial charge in [0.2, 0.25) is 5.91 Å². The number of amides is 1. The van der Waals surface area contributed by atoms with Gasteiger partial charge in [0.25, 0.3) is 0 Å². The number of carbonyl (C=O) groups is 1. The Hall–Kier alpha value is -1.02. The van der Waals surface area contributed by atoms with E-state index in [1.165, 1.54) is 11.8 Å². The molecule has 0 radical (unpaired) electrons. The highest BCUT2D eigenvalue weighted by Gasteiger charge is 2.17. The van der Waals surface area contributed by atoms with Gasteiger partial charge in [0, 0.05) is 19.3 Å². The van der Waals surface area contributed by atoms with Crippen LogP contribution < -0.4 is 5.32 Å². The minimum absolute atomic E-state index is 0.0645. The molecule has 1 unspecified atom stereocenters. The zero-order chi connectivity index (χ0) is 15.5. The number of rotatable bonds is 5. The summed E-state index contributed by atoms with van der Waals surface area (Å²) in [5.74, 6) is 0.183. The van der Waals surface area contributed by atoms with Crippen molar-refractivity contribution >= 4 is 46.5 Å². The number of hydrogen-bond donors (Lipinski definition) is 1. The number of nitrogens with zero attached hydrogens (tertiary/aromatic N) is 3. The largest absolute Gasteiger partial charge is 0.376 e. The molecule has 1 aliphatic heterocycles. The summed E-state index contributed by atoms with van der Waals surface area (Å²) < 4.78 is 7.14. The minimum atomic E-state index is -0.0645. The van der Waals surface area contributed by atoms with Crippen LogP contribution in [0.25, 0.3) is 5.65 Å². The zero-order valence-electron chi connectivity index (χ0n) is 11.6. The van der Waals surface area contributed by atoms with E-state index in [1.54, 1.807) is 16.7 Å². The third kappa shape index (κ3) is 3.65. The minimum Gasteiger partial charge on any atom is -0.376 e. The summed E-state index contributed by atoms with van der Waals surface area (Å²) in [4.78, 5) is 11.9. The molecule has 22 heavy (non-hydrogen) atoms. The Morgan fingerprint density at radius 3 is 3.14 bits per heavy atom. The third-order valence-corrected chi connectivity index (χ3v) is 4.71. The molecule has 0 bridgehead atoms. The molecule has 1 fully saturated rings. The number of aromatic nitrogens is 3. The van der Waals surface area contributed by atoms with E-state index < -0.39 is 0 Å². The predicted molar refractivity (Wildman–Crippen MR) is 85.7 cm³/mol. The number of fused-ring (bicyclic) bond motifs is 1. The molecule has 3 rings (SSSR count). The fourth-order valence-corrected chi connectivity index (χ4v) is 3.46. The first-order valence-electron chi connectivity index (χ1n) is 6.84. The van der Waals surface area contributed by atoms with Crippen LogP contribution >= 0.6 is 35.0 Å². The van der Waals surface area contributed by atoms with Crippen molar-refractivity contribution < 1.29 is 9.53 Å². The number of carbonyl (C=O) groups excluding carboxylic acids is 1. The van der Waals surface area contributed by atoms with Crippen LogP contribution in [-0.2, 0) is 9.53 Å². The number of pyridine rings is 1. The molecule has 0 saturated carbocycles. The number of ether oxygens (including phenoxy) is 1. The fraction of sp³-hybridized carbons (Fsp3) is 0.462. The second kappa shape index (κ2) is 7.04. The molecule has 1 N–H and O–H groups in total. The van der Waals surface area contributed by atoms with Gasteiger partial charge in [-0.2, -0.15) is 0 Å². The first-order chi connectivity index (χ1) is 10.6. The predicted octanol–water partition coefficient (Wildman–Crippen LogP) is 2.42. The van der Waals surface area contributed by atoms with Gasteiger partial charge < -0.3 is 10.1 Å². The first kappa shape index (κ1) is 15.9. The Bertz CT molecular complexity index is 688. The van der Waals surface area contributed by atoms with Crippen LogP contribution in [-0.4, -0.2) is 45.5 Å². The Labute approximate surface area is 141 Å². The monoisotopic (exact) mass is 360 g/mol. The molecule has 1 saturated heterocycles. The molecule has 9 heteroatoms. The molecule has 0 aromatic carbocycles. The van der Waals surface area contributed by atoms with Crippen LogP contribution in [0.4, 0.5) is 0 Å². The standard InChI is InChI=1S/C13H14Cl2N4O2S/c14-8-4-10(15)12-17-18-13(19(12)6-8)22-7-11(20)16-5-9-2-1-3-21-9/h4,6,9H,1-3,5,7H2,(H,16,20). The maximum Gasteiger partial charge on any atom is 0.230 e. The summed E-state index contributed by atoms with van der Waals surface area (Å²) in [6.07, 6.45) is 3.87. The number of thioether (sulfide) groups is 1. The summed E-state index contributed by atoms with van der Waals surface area (Å²) in [6.45, 7) is 1.33. The highest BCUT2D eigenvalue weighted by atomic mass is 35.5. The summed E-state index contributed by atoms with van der Waals surface area (Å²) in [5.41, 5.74) is 0.522. The molecular weight excluding hydrogens is 347 g/mol. The molecule has 3 heterocycles.